The molecule has 82 valence electrons. The van der Waals surface area contributed by atoms with Crippen LogP contribution >= 0.6 is 7.82 Å². The second-order valence-electron chi connectivity index (χ2n) is 2.32. The topological polar surface area (TPSA) is 140 Å². The Balaban J connectivity index is 0.000000336. The van der Waals surface area contributed by atoms with E-state index in [9.17, 15) is 0 Å². The van der Waals surface area contributed by atoms with E-state index in [1.807, 2.05) is 12.1 Å². The lowest BCUT2D eigenvalue weighted by molar-refractivity contribution is 0.275. The Morgan fingerprint density at radius 2 is 1.80 bits per heavy atom. The Bertz CT molecular complexity index is 389. The van der Waals surface area contributed by atoms with E-state index in [1.165, 1.54) is 0 Å². The molecule has 1 aromatic rings. The molecule has 15 heavy (non-hydrogen) atoms. The van der Waals surface area contributed by atoms with Crippen molar-refractivity contribution in [2.75, 3.05) is 5.43 Å². The third kappa shape index (κ3) is 7.64. The molecule has 6 N–H and O–H groups in total. The van der Waals surface area contributed by atoms with Crippen molar-refractivity contribution < 1.29 is 19.2 Å². The van der Waals surface area contributed by atoms with Gasteiger partial charge in [0.25, 0.3) is 0 Å². The molecule has 8 heteroatoms. The van der Waals surface area contributed by atoms with Crippen LogP contribution in [0.2, 0.25) is 0 Å². The smallest absolute Gasteiger partial charge is 0.323 e. The molecule has 0 radical (unpaired) electrons. The highest BCUT2D eigenvalue weighted by Gasteiger charge is 2.00. The summed E-state index contributed by atoms with van der Waals surface area (Å²) < 4.78 is 8.88. The van der Waals surface area contributed by atoms with Crippen LogP contribution in [0.25, 0.3) is 0 Å². The Labute approximate surface area is 86.0 Å². The van der Waals surface area contributed by atoms with Crippen LogP contribution < -0.4 is 11.3 Å². The van der Waals surface area contributed by atoms with E-state index in [-0.39, 0.29) is 0 Å². The summed E-state index contributed by atoms with van der Waals surface area (Å²) in [7, 11) is -4.64. The molecule has 1 aromatic carbocycles. The van der Waals surface area contributed by atoms with E-state index in [0.717, 1.165) is 0 Å². The van der Waals surface area contributed by atoms with Gasteiger partial charge >= 0.3 is 7.82 Å². The first-order valence-corrected chi connectivity index (χ1v) is 5.19. The quantitative estimate of drug-likeness (QED) is 0.258. The number of nitrogens with zero attached hydrogens (tertiary/aromatic N) is 1. The lowest BCUT2D eigenvalue weighted by Gasteiger charge is -1.99. The first-order valence-electron chi connectivity index (χ1n) is 3.62. The average Bonchev–Trinajstić information content (AvgIpc) is 2.15. The number of phosphoric acid groups is 1. The second-order valence-corrected chi connectivity index (χ2v) is 3.34. The standard InChI is InChI=1S/C7H7N3.H3O4P/c8-5-6-3-1-2-4-7(6)10-9;1-5(2,3)4/h1-4,10H,9H2;(H3,1,2,3,4). The third-order valence-corrected chi connectivity index (χ3v) is 1.20. The molecular weight excluding hydrogens is 221 g/mol. The molecular formula is C7H10N3O4P. The summed E-state index contributed by atoms with van der Waals surface area (Å²) in [6.45, 7) is 0. The number of nitrogens with two attached hydrogens (primary N) is 1. The van der Waals surface area contributed by atoms with Crippen LogP contribution in [0.15, 0.2) is 24.3 Å². The highest BCUT2D eigenvalue weighted by molar-refractivity contribution is 7.45. The van der Waals surface area contributed by atoms with Gasteiger partial charge in [-0.3, -0.25) is 5.84 Å². The minimum atomic E-state index is -4.64. The minimum absolute atomic E-state index is 0.560. The molecule has 0 fully saturated rings. The summed E-state index contributed by atoms with van der Waals surface area (Å²) in [6.07, 6.45) is 0. The molecule has 0 unspecified atom stereocenters. The fourth-order valence-electron chi connectivity index (χ4n) is 0.706. The molecule has 0 bridgehead atoms. The molecule has 0 amide bonds. The van der Waals surface area contributed by atoms with E-state index >= 15 is 0 Å². The number of benzene rings is 1. The summed E-state index contributed by atoms with van der Waals surface area (Å²) >= 11 is 0. The van der Waals surface area contributed by atoms with Crippen molar-refractivity contribution in [1.29, 1.82) is 5.26 Å². The van der Waals surface area contributed by atoms with Gasteiger partial charge in [-0.1, -0.05) is 12.1 Å². The van der Waals surface area contributed by atoms with Crippen molar-refractivity contribution >= 4 is 13.5 Å². The van der Waals surface area contributed by atoms with Gasteiger partial charge in [-0.15, -0.1) is 0 Å². The maximum absolute atomic E-state index is 8.88. The molecule has 0 saturated heterocycles. The van der Waals surface area contributed by atoms with Crippen LogP contribution in [0.5, 0.6) is 0 Å². The van der Waals surface area contributed by atoms with Crippen LogP contribution in [-0.2, 0) is 4.57 Å². The van der Waals surface area contributed by atoms with Crippen LogP contribution in [0.1, 0.15) is 5.56 Å². The summed E-state index contributed by atoms with van der Waals surface area (Å²) in [5.41, 5.74) is 3.64. The molecule has 7 nitrogen and oxygen atoms in total. The van der Waals surface area contributed by atoms with Gasteiger partial charge in [-0.2, -0.15) is 5.26 Å². The van der Waals surface area contributed by atoms with Crippen LogP contribution in [0.3, 0.4) is 0 Å². The molecule has 0 aliphatic heterocycles. The van der Waals surface area contributed by atoms with Gasteiger partial charge < -0.3 is 20.1 Å². The number of hydrazine groups is 1. The monoisotopic (exact) mass is 231 g/mol. The molecule has 0 heterocycles. The van der Waals surface area contributed by atoms with Gasteiger partial charge in [-0.05, 0) is 12.1 Å². The zero-order valence-electron chi connectivity index (χ0n) is 7.53. The van der Waals surface area contributed by atoms with Crippen molar-refractivity contribution in [3.63, 3.8) is 0 Å². The SMILES string of the molecule is N#Cc1ccccc1NN.O=P(O)(O)O. The number of nitrogens with one attached hydrogen (secondary N) is 1. The largest absolute Gasteiger partial charge is 0.466 e. The normalized spacial score (nSPS) is 9.53. The van der Waals surface area contributed by atoms with Crippen LogP contribution in [-0.4, -0.2) is 14.7 Å². The van der Waals surface area contributed by atoms with Crippen LogP contribution in [0, 0.1) is 11.3 Å². The predicted molar refractivity (Wildman–Crippen MR) is 53.2 cm³/mol. The van der Waals surface area contributed by atoms with Crippen LogP contribution in [0.4, 0.5) is 5.69 Å². The zero-order chi connectivity index (χ0) is 11.9. The first-order chi connectivity index (χ1) is 6.88. The van der Waals surface area contributed by atoms with E-state index in [2.05, 4.69) is 5.43 Å². The van der Waals surface area contributed by atoms with E-state index < -0.39 is 7.82 Å². The van der Waals surface area contributed by atoms with Crippen molar-refractivity contribution in [1.82, 2.24) is 0 Å². The number of para-hydroxylation sites is 1. The Morgan fingerprint density at radius 3 is 2.13 bits per heavy atom. The molecule has 0 saturated carbocycles. The molecule has 0 spiro atoms. The zero-order valence-corrected chi connectivity index (χ0v) is 8.43. The van der Waals surface area contributed by atoms with Gasteiger partial charge in [0.05, 0.1) is 11.3 Å². The van der Waals surface area contributed by atoms with E-state index in [4.69, 9.17) is 30.3 Å². The number of nitrogen functional groups attached to an aromatic ring is 1. The third-order valence-electron chi connectivity index (χ3n) is 1.20. The van der Waals surface area contributed by atoms with E-state index in [0.29, 0.717) is 11.3 Å². The lowest BCUT2D eigenvalue weighted by atomic mass is 10.2. The molecule has 1 rings (SSSR count). The van der Waals surface area contributed by atoms with E-state index in [1.54, 1.807) is 18.2 Å². The maximum atomic E-state index is 8.88. The molecule has 0 aliphatic rings. The van der Waals surface area contributed by atoms with Crippen molar-refractivity contribution in [2.24, 2.45) is 5.84 Å². The summed E-state index contributed by atoms with van der Waals surface area (Å²) in [4.78, 5) is 21.6. The number of nitriles is 1. The van der Waals surface area contributed by atoms with Crippen molar-refractivity contribution in [3.8, 4) is 6.07 Å². The highest BCUT2D eigenvalue weighted by Crippen LogP contribution is 2.25. The Kier molecular flexibility index (Phi) is 5.56. The Hall–Kier alpha value is -1.42. The fraction of sp³-hybridized carbons (Fsp3) is 0. The number of hydrogen-bond acceptors (Lipinski definition) is 4. The van der Waals surface area contributed by atoms with Crippen molar-refractivity contribution in [2.45, 2.75) is 0 Å². The summed E-state index contributed by atoms with van der Waals surface area (Å²) in [5, 5.41) is 8.50. The number of hydrogen-bond donors (Lipinski definition) is 5. The highest BCUT2D eigenvalue weighted by atomic mass is 31.2. The summed E-state index contributed by atoms with van der Waals surface area (Å²) in [6, 6.07) is 9.06. The Morgan fingerprint density at radius 1 is 1.33 bits per heavy atom. The second kappa shape index (κ2) is 6.14. The van der Waals surface area contributed by atoms with Gasteiger partial charge in [0.2, 0.25) is 0 Å². The fourth-order valence-corrected chi connectivity index (χ4v) is 0.706. The molecule has 0 atom stereocenters. The van der Waals surface area contributed by atoms with Gasteiger partial charge in [-0.25, -0.2) is 4.57 Å². The predicted octanol–water partition coefficient (Wildman–Crippen LogP) is -0.0847. The molecule has 0 aliphatic carbocycles. The van der Waals surface area contributed by atoms with Gasteiger partial charge in [0, 0.05) is 0 Å². The number of rotatable bonds is 1. The first kappa shape index (κ1) is 13.6. The number of anilines is 1. The summed E-state index contributed by atoms with van der Waals surface area (Å²) in [5.74, 6) is 5.13. The average molecular weight is 231 g/mol. The maximum Gasteiger partial charge on any atom is 0.466 e. The van der Waals surface area contributed by atoms with Crippen molar-refractivity contribution in [3.05, 3.63) is 29.8 Å². The van der Waals surface area contributed by atoms with Gasteiger partial charge in [0.1, 0.15) is 6.07 Å². The minimum Gasteiger partial charge on any atom is -0.323 e. The lowest BCUT2D eigenvalue weighted by Crippen LogP contribution is -2.07. The molecule has 0 aromatic heterocycles. The van der Waals surface area contributed by atoms with Gasteiger partial charge in [0.15, 0.2) is 0 Å².